The first-order valence-electron chi connectivity index (χ1n) is 7.54. The fourth-order valence-corrected chi connectivity index (χ4v) is 4.31. The highest BCUT2D eigenvalue weighted by molar-refractivity contribution is 7.89. The first kappa shape index (κ1) is 19.1. The lowest BCUT2D eigenvalue weighted by molar-refractivity contribution is 0.0984. The van der Waals surface area contributed by atoms with E-state index in [1.165, 1.54) is 17.4 Å². The summed E-state index contributed by atoms with van der Waals surface area (Å²) >= 11 is 1.19. The van der Waals surface area contributed by atoms with Crippen molar-refractivity contribution in [1.29, 1.82) is 5.26 Å². The van der Waals surface area contributed by atoms with Crippen molar-refractivity contribution in [3.8, 4) is 6.07 Å². The van der Waals surface area contributed by atoms with Gasteiger partial charge in [0.15, 0.2) is 0 Å². The normalized spacial score (nSPS) is 11.8. The SMILES string of the molecule is Cc1nc(C(C)(C)C)sc1C(=O)NS(=O)(=O)Cc1ccccc1C#N. The topological polar surface area (TPSA) is 99.9 Å². The van der Waals surface area contributed by atoms with Crippen molar-refractivity contribution in [3.05, 3.63) is 51.0 Å². The summed E-state index contributed by atoms with van der Waals surface area (Å²) in [5.41, 5.74) is 0.893. The second kappa shape index (κ2) is 6.94. The summed E-state index contributed by atoms with van der Waals surface area (Å²) < 4.78 is 26.7. The van der Waals surface area contributed by atoms with Gasteiger partial charge < -0.3 is 0 Å². The van der Waals surface area contributed by atoms with Gasteiger partial charge in [-0.3, -0.25) is 4.79 Å². The molecule has 0 spiro atoms. The Morgan fingerprint density at radius 1 is 1.32 bits per heavy atom. The molecule has 2 rings (SSSR count). The van der Waals surface area contributed by atoms with E-state index in [1.54, 1.807) is 25.1 Å². The van der Waals surface area contributed by atoms with Gasteiger partial charge in [0.05, 0.1) is 28.1 Å². The molecule has 1 aromatic heterocycles. The van der Waals surface area contributed by atoms with Crippen LogP contribution in [-0.2, 0) is 21.2 Å². The Morgan fingerprint density at radius 3 is 2.52 bits per heavy atom. The molecule has 25 heavy (non-hydrogen) atoms. The smallest absolute Gasteiger partial charge is 0.267 e. The van der Waals surface area contributed by atoms with Gasteiger partial charge in [0.25, 0.3) is 5.91 Å². The molecule has 0 bridgehead atoms. The number of aromatic nitrogens is 1. The molecule has 0 saturated heterocycles. The highest BCUT2D eigenvalue weighted by Gasteiger charge is 2.25. The number of nitriles is 1. The summed E-state index contributed by atoms with van der Waals surface area (Å²) in [6.45, 7) is 7.60. The molecule has 0 unspecified atom stereocenters. The van der Waals surface area contributed by atoms with Crippen LogP contribution < -0.4 is 4.72 Å². The number of sulfonamides is 1. The van der Waals surface area contributed by atoms with E-state index in [2.05, 4.69) is 9.71 Å². The fourth-order valence-electron chi connectivity index (χ4n) is 2.11. The van der Waals surface area contributed by atoms with Crippen molar-refractivity contribution >= 4 is 27.3 Å². The maximum Gasteiger partial charge on any atom is 0.276 e. The molecule has 6 nitrogen and oxygen atoms in total. The first-order chi connectivity index (χ1) is 11.5. The van der Waals surface area contributed by atoms with Crippen molar-refractivity contribution < 1.29 is 13.2 Å². The molecular formula is C17H19N3O3S2. The summed E-state index contributed by atoms with van der Waals surface area (Å²) in [4.78, 5) is 17.0. The zero-order valence-electron chi connectivity index (χ0n) is 14.5. The third kappa shape index (κ3) is 4.65. The molecule has 0 atom stereocenters. The maximum atomic E-state index is 12.4. The Labute approximate surface area is 151 Å². The number of amides is 1. The first-order valence-corrected chi connectivity index (χ1v) is 10.0. The number of hydrogen-bond acceptors (Lipinski definition) is 6. The largest absolute Gasteiger partial charge is 0.276 e. The van der Waals surface area contributed by atoms with E-state index in [0.717, 1.165) is 5.01 Å². The van der Waals surface area contributed by atoms with Crippen LogP contribution in [0.3, 0.4) is 0 Å². The van der Waals surface area contributed by atoms with Crippen molar-refractivity contribution in [1.82, 2.24) is 9.71 Å². The minimum Gasteiger partial charge on any atom is -0.267 e. The van der Waals surface area contributed by atoms with Gasteiger partial charge in [-0.05, 0) is 18.6 Å². The lowest BCUT2D eigenvalue weighted by Crippen LogP contribution is -2.31. The highest BCUT2D eigenvalue weighted by atomic mass is 32.2. The summed E-state index contributed by atoms with van der Waals surface area (Å²) in [5.74, 6) is -1.13. The second-order valence-corrected chi connectivity index (χ2v) is 9.36. The predicted octanol–water partition coefficient (Wildman–Crippen LogP) is 2.88. The van der Waals surface area contributed by atoms with E-state index in [1.807, 2.05) is 26.8 Å². The van der Waals surface area contributed by atoms with Gasteiger partial charge in [0.2, 0.25) is 10.0 Å². The van der Waals surface area contributed by atoms with Gasteiger partial charge in [-0.2, -0.15) is 5.26 Å². The lowest BCUT2D eigenvalue weighted by Gasteiger charge is -2.13. The number of nitrogens with zero attached hydrogens (tertiary/aromatic N) is 2. The summed E-state index contributed by atoms with van der Waals surface area (Å²) in [7, 11) is -3.93. The Kier molecular flexibility index (Phi) is 5.30. The summed E-state index contributed by atoms with van der Waals surface area (Å²) in [6, 6.07) is 8.34. The average molecular weight is 377 g/mol. The number of aryl methyl sites for hydroxylation is 1. The lowest BCUT2D eigenvalue weighted by atomic mass is 9.98. The monoisotopic (exact) mass is 377 g/mol. The van der Waals surface area contributed by atoms with Crippen molar-refractivity contribution in [3.63, 3.8) is 0 Å². The average Bonchev–Trinajstić information content (AvgIpc) is 2.89. The number of thiazole rings is 1. The molecule has 0 aliphatic rings. The van der Waals surface area contributed by atoms with E-state index < -0.39 is 21.7 Å². The van der Waals surface area contributed by atoms with Crippen LogP contribution in [0.5, 0.6) is 0 Å². The Morgan fingerprint density at radius 2 is 1.96 bits per heavy atom. The third-order valence-electron chi connectivity index (χ3n) is 3.38. The van der Waals surface area contributed by atoms with E-state index in [0.29, 0.717) is 11.3 Å². The maximum absolute atomic E-state index is 12.4. The minimum absolute atomic E-state index is 0.224. The Balaban J connectivity index is 2.22. The van der Waals surface area contributed by atoms with Gasteiger partial charge in [0, 0.05) is 5.41 Å². The van der Waals surface area contributed by atoms with Gasteiger partial charge in [-0.25, -0.2) is 18.1 Å². The molecule has 1 heterocycles. The van der Waals surface area contributed by atoms with Crippen LogP contribution in [0.2, 0.25) is 0 Å². The van der Waals surface area contributed by atoms with Crippen LogP contribution in [0.1, 0.15) is 52.3 Å². The number of rotatable bonds is 4. The third-order valence-corrected chi connectivity index (χ3v) is 6.15. The quantitative estimate of drug-likeness (QED) is 0.883. The number of benzene rings is 1. The van der Waals surface area contributed by atoms with Crippen LogP contribution in [-0.4, -0.2) is 19.3 Å². The Bertz CT molecular complexity index is 948. The predicted molar refractivity (Wildman–Crippen MR) is 96.8 cm³/mol. The van der Waals surface area contributed by atoms with Crippen LogP contribution in [0, 0.1) is 18.3 Å². The van der Waals surface area contributed by atoms with E-state index in [4.69, 9.17) is 5.26 Å². The second-order valence-electron chi connectivity index (χ2n) is 6.64. The molecular weight excluding hydrogens is 358 g/mol. The molecule has 8 heteroatoms. The highest BCUT2D eigenvalue weighted by Crippen LogP contribution is 2.29. The zero-order chi connectivity index (χ0) is 18.8. The van der Waals surface area contributed by atoms with Gasteiger partial charge in [-0.1, -0.05) is 39.0 Å². The van der Waals surface area contributed by atoms with Crippen molar-refractivity contribution in [2.24, 2.45) is 0 Å². The fraction of sp³-hybridized carbons (Fsp3) is 0.353. The molecule has 132 valence electrons. The molecule has 2 aromatic rings. The van der Waals surface area contributed by atoms with Crippen LogP contribution in [0.15, 0.2) is 24.3 Å². The van der Waals surface area contributed by atoms with Gasteiger partial charge in [-0.15, -0.1) is 11.3 Å². The van der Waals surface area contributed by atoms with Crippen molar-refractivity contribution in [2.45, 2.75) is 38.9 Å². The number of carbonyl (C=O) groups is 1. The van der Waals surface area contributed by atoms with Crippen LogP contribution >= 0.6 is 11.3 Å². The zero-order valence-corrected chi connectivity index (χ0v) is 16.1. The minimum atomic E-state index is -3.93. The molecule has 0 saturated carbocycles. The molecule has 0 aliphatic heterocycles. The van der Waals surface area contributed by atoms with E-state index >= 15 is 0 Å². The number of hydrogen-bond donors (Lipinski definition) is 1. The Hall–Kier alpha value is -2.24. The summed E-state index contributed by atoms with van der Waals surface area (Å²) in [5, 5.41) is 9.82. The molecule has 0 aliphatic carbocycles. The molecule has 0 radical (unpaired) electrons. The molecule has 1 N–H and O–H groups in total. The number of carbonyl (C=O) groups excluding carboxylic acids is 1. The van der Waals surface area contributed by atoms with Gasteiger partial charge in [0.1, 0.15) is 4.88 Å². The molecule has 1 amide bonds. The molecule has 1 aromatic carbocycles. The van der Waals surface area contributed by atoms with E-state index in [-0.39, 0.29) is 15.9 Å². The standard InChI is InChI=1S/C17H19N3O3S2/c1-11-14(24-16(19-11)17(2,3)4)15(21)20-25(22,23)10-13-8-6-5-7-12(13)9-18/h5-8H,10H2,1-4H3,(H,20,21). The van der Waals surface area contributed by atoms with Gasteiger partial charge >= 0.3 is 0 Å². The van der Waals surface area contributed by atoms with E-state index in [9.17, 15) is 13.2 Å². The van der Waals surface area contributed by atoms with Crippen LogP contribution in [0.25, 0.3) is 0 Å². The van der Waals surface area contributed by atoms with Crippen LogP contribution in [0.4, 0.5) is 0 Å². The summed E-state index contributed by atoms with van der Waals surface area (Å²) in [6.07, 6.45) is 0. The number of nitrogens with one attached hydrogen (secondary N) is 1. The molecule has 0 fully saturated rings. The van der Waals surface area contributed by atoms with Crippen molar-refractivity contribution in [2.75, 3.05) is 0 Å².